The molecule has 0 saturated heterocycles. The lowest BCUT2D eigenvalue weighted by Gasteiger charge is -1.99. The lowest BCUT2D eigenvalue weighted by Crippen LogP contribution is -2.22. The van der Waals surface area contributed by atoms with Crippen molar-refractivity contribution in [3.63, 3.8) is 0 Å². The average molecular weight is 262 g/mol. The normalized spacial score (nSPS) is 10.3. The van der Waals surface area contributed by atoms with Gasteiger partial charge in [-0.1, -0.05) is 0 Å². The number of hydrogen-bond donors (Lipinski definition) is 1. The molecule has 0 aliphatic rings. The Kier molecular flexibility index (Phi) is 4.62. The molecule has 0 spiro atoms. The first-order valence-corrected chi connectivity index (χ1v) is 5.74. The molecule has 72 valence electrons. The van der Waals surface area contributed by atoms with Gasteiger partial charge in [-0.15, -0.1) is 11.3 Å². The predicted molar refractivity (Wildman–Crippen MR) is 59.3 cm³/mol. The zero-order valence-corrected chi connectivity index (χ0v) is 9.87. The summed E-state index contributed by atoms with van der Waals surface area (Å²) in [5.74, 6) is 0.187. The van der Waals surface area contributed by atoms with Gasteiger partial charge in [-0.05, 0) is 41.4 Å². The van der Waals surface area contributed by atoms with Crippen LogP contribution in [-0.4, -0.2) is 18.9 Å². The van der Waals surface area contributed by atoms with Crippen molar-refractivity contribution in [2.45, 2.75) is 13.3 Å². The number of thiophene rings is 1. The van der Waals surface area contributed by atoms with Gasteiger partial charge in [0, 0.05) is 11.4 Å². The van der Waals surface area contributed by atoms with Crippen molar-refractivity contribution in [1.29, 1.82) is 0 Å². The first kappa shape index (κ1) is 10.9. The highest BCUT2D eigenvalue weighted by molar-refractivity contribution is 9.11. The molecule has 13 heavy (non-hydrogen) atoms. The lowest BCUT2D eigenvalue weighted by molar-refractivity contribution is -0.116. The molecule has 0 aliphatic heterocycles. The molecule has 0 bridgehead atoms. The third kappa shape index (κ3) is 4.55. The molecule has 1 aromatic heterocycles. The zero-order chi connectivity index (χ0) is 9.68. The summed E-state index contributed by atoms with van der Waals surface area (Å²) < 4.78 is 1.16. The number of rotatable bonds is 5. The molecule has 1 N–H and O–H groups in total. The number of hydrogen-bond acceptors (Lipinski definition) is 3. The van der Waals surface area contributed by atoms with Crippen molar-refractivity contribution in [2.24, 2.45) is 0 Å². The first-order valence-electron chi connectivity index (χ1n) is 4.13. The topological polar surface area (TPSA) is 29.1 Å². The second-order valence-corrected chi connectivity index (χ2v) is 5.38. The summed E-state index contributed by atoms with van der Waals surface area (Å²) in [4.78, 5) is 11.9. The molecule has 4 heteroatoms. The fourth-order valence-electron chi connectivity index (χ4n) is 0.962. The van der Waals surface area contributed by atoms with Crippen LogP contribution in [0.2, 0.25) is 0 Å². The van der Waals surface area contributed by atoms with Crippen LogP contribution in [0.3, 0.4) is 0 Å². The SMILES string of the molecule is CC(=O)CNCCc1ccc(Br)s1. The van der Waals surface area contributed by atoms with Crippen LogP contribution in [0.1, 0.15) is 11.8 Å². The van der Waals surface area contributed by atoms with Crippen LogP contribution < -0.4 is 5.32 Å². The van der Waals surface area contributed by atoms with Crippen LogP contribution >= 0.6 is 27.3 Å². The molecule has 0 atom stereocenters. The van der Waals surface area contributed by atoms with E-state index in [0.29, 0.717) is 6.54 Å². The van der Waals surface area contributed by atoms with E-state index < -0.39 is 0 Å². The fourth-order valence-corrected chi connectivity index (χ4v) is 2.44. The maximum Gasteiger partial charge on any atom is 0.143 e. The standard InChI is InChI=1S/C9H12BrNOS/c1-7(12)6-11-5-4-8-2-3-9(10)13-8/h2-3,11H,4-6H2,1H3. The monoisotopic (exact) mass is 261 g/mol. The minimum Gasteiger partial charge on any atom is -0.310 e. The molecule has 0 aromatic carbocycles. The molecular weight excluding hydrogens is 250 g/mol. The second-order valence-electron chi connectivity index (χ2n) is 2.83. The Labute approximate surface area is 90.5 Å². The van der Waals surface area contributed by atoms with Crippen molar-refractivity contribution in [3.05, 3.63) is 20.8 Å². The number of carbonyl (C=O) groups excluding carboxylic acids is 1. The summed E-state index contributed by atoms with van der Waals surface area (Å²) in [6, 6.07) is 4.15. The van der Waals surface area contributed by atoms with E-state index in [9.17, 15) is 4.79 Å². The smallest absolute Gasteiger partial charge is 0.143 e. The van der Waals surface area contributed by atoms with Crippen molar-refractivity contribution < 1.29 is 4.79 Å². The van der Waals surface area contributed by atoms with E-state index >= 15 is 0 Å². The van der Waals surface area contributed by atoms with Crippen LogP contribution in [0, 0.1) is 0 Å². The van der Waals surface area contributed by atoms with Gasteiger partial charge in [-0.2, -0.15) is 0 Å². The van der Waals surface area contributed by atoms with Gasteiger partial charge in [0.1, 0.15) is 5.78 Å². The Morgan fingerprint density at radius 3 is 2.92 bits per heavy atom. The molecule has 0 amide bonds. The van der Waals surface area contributed by atoms with Gasteiger partial charge in [0.05, 0.1) is 10.3 Å². The number of ketones is 1. The molecule has 0 radical (unpaired) electrons. The van der Waals surface area contributed by atoms with Crippen LogP contribution in [0.15, 0.2) is 15.9 Å². The highest BCUT2D eigenvalue weighted by Gasteiger charge is 1.97. The molecule has 0 aliphatic carbocycles. The minimum atomic E-state index is 0.187. The summed E-state index contributed by atoms with van der Waals surface area (Å²) in [5.41, 5.74) is 0. The zero-order valence-electron chi connectivity index (χ0n) is 7.47. The summed E-state index contributed by atoms with van der Waals surface area (Å²) in [7, 11) is 0. The van der Waals surface area contributed by atoms with Crippen molar-refractivity contribution in [3.8, 4) is 0 Å². The van der Waals surface area contributed by atoms with E-state index in [4.69, 9.17) is 0 Å². The molecule has 2 nitrogen and oxygen atoms in total. The quantitative estimate of drug-likeness (QED) is 0.824. The average Bonchev–Trinajstić information content (AvgIpc) is 2.45. The highest BCUT2D eigenvalue weighted by Crippen LogP contribution is 2.21. The third-order valence-electron chi connectivity index (χ3n) is 1.55. The summed E-state index contributed by atoms with van der Waals surface area (Å²) in [6.07, 6.45) is 0.990. The minimum absolute atomic E-state index is 0.187. The lowest BCUT2D eigenvalue weighted by atomic mass is 10.3. The van der Waals surface area contributed by atoms with Crippen LogP contribution in [0.5, 0.6) is 0 Å². The van der Waals surface area contributed by atoms with Crippen molar-refractivity contribution in [2.75, 3.05) is 13.1 Å². The molecule has 0 fully saturated rings. The number of carbonyl (C=O) groups is 1. The summed E-state index contributed by atoms with van der Waals surface area (Å²) >= 11 is 5.15. The highest BCUT2D eigenvalue weighted by atomic mass is 79.9. The van der Waals surface area contributed by atoms with E-state index in [0.717, 1.165) is 16.8 Å². The van der Waals surface area contributed by atoms with Crippen molar-refractivity contribution >= 4 is 33.0 Å². The summed E-state index contributed by atoms with van der Waals surface area (Å²) in [5, 5.41) is 3.08. The number of nitrogens with one attached hydrogen (secondary N) is 1. The van der Waals surface area contributed by atoms with Crippen LogP contribution in [-0.2, 0) is 11.2 Å². The fraction of sp³-hybridized carbons (Fsp3) is 0.444. The van der Waals surface area contributed by atoms with Gasteiger partial charge in [-0.25, -0.2) is 0 Å². The molecule has 1 heterocycles. The number of halogens is 1. The Balaban J connectivity index is 2.16. The van der Waals surface area contributed by atoms with E-state index in [1.165, 1.54) is 4.88 Å². The number of Topliss-reactive ketones (excluding diaryl/α,β-unsaturated/α-hetero) is 1. The van der Waals surface area contributed by atoms with E-state index in [2.05, 4.69) is 27.3 Å². The van der Waals surface area contributed by atoms with E-state index in [-0.39, 0.29) is 5.78 Å². The molecule has 0 saturated carbocycles. The third-order valence-corrected chi connectivity index (χ3v) is 3.23. The maximum atomic E-state index is 10.6. The van der Waals surface area contributed by atoms with Gasteiger partial charge in [0.2, 0.25) is 0 Å². The predicted octanol–water partition coefficient (Wildman–Crippen LogP) is 2.23. The molecular formula is C9H12BrNOS. The van der Waals surface area contributed by atoms with Crippen LogP contribution in [0.4, 0.5) is 0 Å². The van der Waals surface area contributed by atoms with Gasteiger partial charge in [0.15, 0.2) is 0 Å². The Morgan fingerprint density at radius 2 is 2.38 bits per heavy atom. The molecule has 0 unspecified atom stereocenters. The maximum absolute atomic E-state index is 10.6. The Hall–Kier alpha value is -0.190. The molecule has 1 rings (SSSR count). The van der Waals surface area contributed by atoms with Gasteiger partial charge >= 0.3 is 0 Å². The van der Waals surface area contributed by atoms with Gasteiger partial charge < -0.3 is 5.32 Å². The molecule has 1 aromatic rings. The second kappa shape index (κ2) is 5.52. The Bertz CT molecular complexity index is 285. The van der Waals surface area contributed by atoms with E-state index in [1.54, 1.807) is 18.3 Å². The van der Waals surface area contributed by atoms with Gasteiger partial charge in [0.25, 0.3) is 0 Å². The first-order chi connectivity index (χ1) is 6.18. The van der Waals surface area contributed by atoms with Crippen molar-refractivity contribution in [1.82, 2.24) is 5.32 Å². The van der Waals surface area contributed by atoms with Crippen LogP contribution in [0.25, 0.3) is 0 Å². The largest absolute Gasteiger partial charge is 0.310 e. The summed E-state index contributed by atoms with van der Waals surface area (Å²) in [6.45, 7) is 2.94. The van der Waals surface area contributed by atoms with Gasteiger partial charge in [-0.3, -0.25) is 4.79 Å². The van der Waals surface area contributed by atoms with E-state index in [1.807, 2.05) is 6.07 Å². The Morgan fingerprint density at radius 1 is 1.62 bits per heavy atom.